The molecule has 0 saturated carbocycles. The number of piperidine rings is 2. The molecule has 100 valence electrons. The summed E-state index contributed by atoms with van der Waals surface area (Å²) in [5, 5.41) is 6.91. The van der Waals surface area contributed by atoms with Crippen LogP contribution in [0.2, 0.25) is 0 Å². The molecule has 0 unspecified atom stereocenters. The van der Waals surface area contributed by atoms with Gasteiger partial charge in [-0.2, -0.15) is 0 Å². The Bertz CT molecular complexity index is 161. The van der Waals surface area contributed by atoms with Gasteiger partial charge < -0.3 is 10.6 Å². The van der Waals surface area contributed by atoms with Gasteiger partial charge in [-0.25, -0.2) is 0 Å². The van der Waals surface area contributed by atoms with E-state index in [0.29, 0.717) is 0 Å². The van der Waals surface area contributed by atoms with E-state index in [4.69, 9.17) is 0 Å². The Morgan fingerprint density at radius 2 is 1.00 bits per heavy atom. The fraction of sp³-hybridized carbons (Fsp3) is 1.00. The lowest BCUT2D eigenvalue weighted by molar-refractivity contribution is 0.324. The van der Waals surface area contributed by atoms with Crippen molar-refractivity contribution in [1.82, 2.24) is 10.6 Å². The Morgan fingerprint density at radius 3 is 1.41 bits per heavy atom. The summed E-state index contributed by atoms with van der Waals surface area (Å²) in [6.45, 7) is 5.05. The maximum Gasteiger partial charge on any atom is -0.00463 e. The highest BCUT2D eigenvalue weighted by Gasteiger charge is 2.13. The van der Waals surface area contributed by atoms with Gasteiger partial charge in [0, 0.05) is 0 Å². The van der Waals surface area contributed by atoms with E-state index in [9.17, 15) is 0 Å². The highest BCUT2D eigenvalue weighted by Crippen LogP contribution is 2.22. The minimum Gasteiger partial charge on any atom is -0.317 e. The molecule has 2 saturated heterocycles. The number of hydrogen-bond donors (Lipinski definition) is 2. The lowest BCUT2D eigenvalue weighted by atomic mass is 9.89. The molecule has 2 aliphatic heterocycles. The van der Waals surface area contributed by atoms with Crippen LogP contribution in [0.25, 0.3) is 0 Å². The third-order valence-corrected chi connectivity index (χ3v) is 4.64. The maximum absolute atomic E-state index is 3.45. The fourth-order valence-electron chi connectivity index (χ4n) is 3.38. The van der Waals surface area contributed by atoms with Gasteiger partial charge in [-0.1, -0.05) is 32.1 Å². The van der Waals surface area contributed by atoms with E-state index in [2.05, 4.69) is 10.6 Å². The smallest absolute Gasteiger partial charge is 0.00463 e. The minimum absolute atomic E-state index is 1.04. The topological polar surface area (TPSA) is 24.1 Å². The van der Waals surface area contributed by atoms with E-state index in [-0.39, 0.29) is 0 Å². The van der Waals surface area contributed by atoms with Crippen molar-refractivity contribution in [3.63, 3.8) is 0 Å². The molecule has 0 spiro atoms. The SMILES string of the molecule is C(CCC1CCNCC1)CCC1CCNCC1. The number of nitrogens with one attached hydrogen (secondary N) is 2. The van der Waals surface area contributed by atoms with Gasteiger partial charge in [0.15, 0.2) is 0 Å². The standard InChI is InChI=1S/C15H30N2/c1(2-4-14-6-10-16-11-7-14)3-5-15-8-12-17-13-9-15/h14-17H,1-13H2. The van der Waals surface area contributed by atoms with Gasteiger partial charge in [-0.05, 0) is 63.7 Å². The van der Waals surface area contributed by atoms with Crippen LogP contribution in [-0.2, 0) is 0 Å². The summed E-state index contributed by atoms with van der Waals surface area (Å²) >= 11 is 0. The van der Waals surface area contributed by atoms with Crippen LogP contribution in [0, 0.1) is 11.8 Å². The second-order valence-corrected chi connectivity index (χ2v) is 6.02. The number of unbranched alkanes of at least 4 members (excludes halogenated alkanes) is 2. The predicted molar refractivity (Wildman–Crippen MR) is 74.3 cm³/mol. The van der Waals surface area contributed by atoms with Gasteiger partial charge in [0.05, 0.1) is 0 Å². The first kappa shape index (κ1) is 13.4. The molecule has 0 radical (unpaired) electrons. The molecule has 17 heavy (non-hydrogen) atoms. The van der Waals surface area contributed by atoms with Crippen molar-refractivity contribution in [3.05, 3.63) is 0 Å². The maximum atomic E-state index is 3.45. The van der Waals surface area contributed by atoms with E-state index < -0.39 is 0 Å². The van der Waals surface area contributed by atoms with Crippen molar-refractivity contribution < 1.29 is 0 Å². The molecule has 0 aromatic carbocycles. The second kappa shape index (κ2) is 8.10. The lowest BCUT2D eigenvalue weighted by Gasteiger charge is -2.23. The van der Waals surface area contributed by atoms with Crippen molar-refractivity contribution in [2.75, 3.05) is 26.2 Å². The van der Waals surface area contributed by atoms with Gasteiger partial charge >= 0.3 is 0 Å². The van der Waals surface area contributed by atoms with E-state index in [1.165, 1.54) is 84.0 Å². The fourth-order valence-corrected chi connectivity index (χ4v) is 3.38. The molecule has 0 aromatic rings. The molecule has 2 N–H and O–H groups in total. The molecule has 2 heterocycles. The Balaban J connectivity index is 1.42. The quantitative estimate of drug-likeness (QED) is 0.695. The Hall–Kier alpha value is -0.0800. The number of rotatable bonds is 6. The molecule has 0 atom stereocenters. The van der Waals surface area contributed by atoms with E-state index >= 15 is 0 Å². The summed E-state index contributed by atoms with van der Waals surface area (Å²) in [4.78, 5) is 0. The van der Waals surface area contributed by atoms with Crippen LogP contribution in [-0.4, -0.2) is 26.2 Å². The Labute approximate surface area is 107 Å². The first-order chi connectivity index (χ1) is 8.45. The molecule has 2 rings (SSSR count). The molecule has 2 nitrogen and oxygen atoms in total. The highest BCUT2D eigenvalue weighted by molar-refractivity contribution is 4.70. The van der Waals surface area contributed by atoms with Gasteiger partial charge in [0.25, 0.3) is 0 Å². The third-order valence-electron chi connectivity index (χ3n) is 4.64. The lowest BCUT2D eigenvalue weighted by Crippen LogP contribution is -2.28. The third kappa shape index (κ3) is 5.39. The first-order valence-corrected chi connectivity index (χ1v) is 7.86. The number of hydrogen-bond acceptors (Lipinski definition) is 2. The van der Waals surface area contributed by atoms with Crippen LogP contribution in [0.5, 0.6) is 0 Å². The molecular weight excluding hydrogens is 208 g/mol. The van der Waals surface area contributed by atoms with Crippen LogP contribution in [0.15, 0.2) is 0 Å². The van der Waals surface area contributed by atoms with Crippen molar-refractivity contribution >= 4 is 0 Å². The van der Waals surface area contributed by atoms with Crippen molar-refractivity contribution in [1.29, 1.82) is 0 Å². The van der Waals surface area contributed by atoms with Gasteiger partial charge in [-0.15, -0.1) is 0 Å². The largest absolute Gasteiger partial charge is 0.317 e. The van der Waals surface area contributed by atoms with Crippen LogP contribution < -0.4 is 10.6 Å². The average molecular weight is 238 g/mol. The summed E-state index contributed by atoms with van der Waals surface area (Å²) in [6.07, 6.45) is 13.1. The Kier molecular flexibility index (Phi) is 6.36. The summed E-state index contributed by atoms with van der Waals surface area (Å²) in [5.41, 5.74) is 0. The highest BCUT2D eigenvalue weighted by atomic mass is 14.9. The molecule has 0 aliphatic carbocycles. The van der Waals surface area contributed by atoms with E-state index in [1.54, 1.807) is 0 Å². The summed E-state index contributed by atoms with van der Waals surface area (Å²) in [5.74, 6) is 2.07. The zero-order valence-electron chi connectivity index (χ0n) is 11.3. The predicted octanol–water partition coefficient (Wildman–Crippen LogP) is 2.94. The second-order valence-electron chi connectivity index (χ2n) is 6.02. The zero-order chi connectivity index (χ0) is 11.8. The molecule has 2 aliphatic rings. The summed E-state index contributed by atoms with van der Waals surface area (Å²) < 4.78 is 0. The molecular formula is C15H30N2. The first-order valence-electron chi connectivity index (χ1n) is 7.86. The van der Waals surface area contributed by atoms with E-state index in [0.717, 1.165) is 11.8 Å². The summed E-state index contributed by atoms with van der Waals surface area (Å²) in [7, 11) is 0. The van der Waals surface area contributed by atoms with Crippen LogP contribution in [0.4, 0.5) is 0 Å². The molecule has 0 aromatic heterocycles. The monoisotopic (exact) mass is 238 g/mol. The summed E-state index contributed by atoms with van der Waals surface area (Å²) in [6, 6.07) is 0. The Morgan fingerprint density at radius 1 is 0.588 bits per heavy atom. The van der Waals surface area contributed by atoms with Crippen LogP contribution >= 0.6 is 0 Å². The van der Waals surface area contributed by atoms with Gasteiger partial charge in [0.1, 0.15) is 0 Å². The van der Waals surface area contributed by atoms with Gasteiger partial charge in [0.2, 0.25) is 0 Å². The molecule has 2 heteroatoms. The van der Waals surface area contributed by atoms with Crippen molar-refractivity contribution in [2.24, 2.45) is 11.8 Å². The average Bonchev–Trinajstić information content (AvgIpc) is 2.41. The van der Waals surface area contributed by atoms with Crippen molar-refractivity contribution in [2.45, 2.75) is 57.8 Å². The minimum atomic E-state index is 1.04. The van der Waals surface area contributed by atoms with Gasteiger partial charge in [-0.3, -0.25) is 0 Å². The molecule has 2 fully saturated rings. The van der Waals surface area contributed by atoms with Crippen molar-refractivity contribution in [3.8, 4) is 0 Å². The molecule has 0 amide bonds. The van der Waals surface area contributed by atoms with Crippen LogP contribution in [0.1, 0.15) is 57.8 Å². The molecule has 0 bridgehead atoms. The van der Waals surface area contributed by atoms with E-state index in [1.807, 2.05) is 0 Å². The van der Waals surface area contributed by atoms with Crippen LogP contribution in [0.3, 0.4) is 0 Å². The zero-order valence-corrected chi connectivity index (χ0v) is 11.3. The normalized spacial score (nSPS) is 24.0.